The Kier molecular flexibility index (Phi) is 5.75. The van der Waals surface area contributed by atoms with E-state index in [0.29, 0.717) is 6.54 Å². The monoisotopic (exact) mass is 276 g/mol. The fourth-order valence-corrected chi connectivity index (χ4v) is 2.02. The molecule has 1 unspecified atom stereocenters. The minimum Gasteiger partial charge on any atom is -0.337 e. The van der Waals surface area contributed by atoms with Crippen molar-refractivity contribution < 1.29 is 4.79 Å². The van der Waals surface area contributed by atoms with E-state index < -0.39 is 6.04 Å². The van der Waals surface area contributed by atoms with Crippen LogP contribution in [-0.2, 0) is 11.3 Å². The summed E-state index contributed by atoms with van der Waals surface area (Å²) in [6.07, 6.45) is 0.939. The Morgan fingerprint density at radius 3 is 2.25 bits per heavy atom. The van der Waals surface area contributed by atoms with Crippen molar-refractivity contribution in [2.75, 3.05) is 6.54 Å². The first-order valence-corrected chi connectivity index (χ1v) is 7.35. The van der Waals surface area contributed by atoms with Gasteiger partial charge in [0.1, 0.15) is 0 Å². The van der Waals surface area contributed by atoms with Gasteiger partial charge in [-0.3, -0.25) is 4.79 Å². The van der Waals surface area contributed by atoms with Gasteiger partial charge in [-0.25, -0.2) is 0 Å². The Hall–Kier alpha value is -1.35. The third-order valence-electron chi connectivity index (χ3n) is 3.50. The van der Waals surface area contributed by atoms with Crippen LogP contribution in [-0.4, -0.2) is 23.4 Å². The van der Waals surface area contributed by atoms with Gasteiger partial charge in [-0.2, -0.15) is 0 Å². The number of carbonyl (C=O) groups excluding carboxylic acids is 1. The van der Waals surface area contributed by atoms with Crippen LogP contribution in [0.25, 0.3) is 0 Å². The van der Waals surface area contributed by atoms with Gasteiger partial charge in [0.05, 0.1) is 6.04 Å². The van der Waals surface area contributed by atoms with Crippen molar-refractivity contribution in [3.05, 3.63) is 35.4 Å². The summed E-state index contributed by atoms with van der Waals surface area (Å²) in [6.45, 7) is 11.5. The van der Waals surface area contributed by atoms with Gasteiger partial charge in [0.15, 0.2) is 0 Å². The molecule has 0 fully saturated rings. The predicted octanol–water partition coefficient (Wildman–Crippen LogP) is 3.11. The molecule has 0 saturated heterocycles. The smallest absolute Gasteiger partial charge is 0.240 e. The van der Waals surface area contributed by atoms with E-state index in [1.54, 1.807) is 0 Å². The highest BCUT2D eigenvalue weighted by Gasteiger charge is 2.30. The van der Waals surface area contributed by atoms with Crippen LogP contribution in [0.2, 0.25) is 0 Å². The fraction of sp³-hybridized carbons (Fsp3) is 0.588. The van der Waals surface area contributed by atoms with Crippen molar-refractivity contribution in [2.24, 2.45) is 11.1 Å². The largest absolute Gasteiger partial charge is 0.337 e. The van der Waals surface area contributed by atoms with Crippen molar-refractivity contribution in [1.29, 1.82) is 0 Å². The highest BCUT2D eigenvalue weighted by molar-refractivity contribution is 5.82. The molecule has 0 bridgehead atoms. The van der Waals surface area contributed by atoms with Gasteiger partial charge in [0.2, 0.25) is 5.91 Å². The highest BCUT2D eigenvalue weighted by atomic mass is 16.2. The van der Waals surface area contributed by atoms with E-state index >= 15 is 0 Å². The number of benzene rings is 1. The molecule has 3 heteroatoms. The number of carbonyl (C=O) groups is 1. The summed E-state index contributed by atoms with van der Waals surface area (Å²) in [5, 5.41) is 0. The summed E-state index contributed by atoms with van der Waals surface area (Å²) in [5.41, 5.74) is 8.28. The van der Waals surface area contributed by atoms with E-state index in [1.165, 1.54) is 5.56 Å². The Labute approximate surface area is 123 Å². The standard InChI is InChI=1S/C17H28N2O/c1-6-11-19(16(20)15(18)17(3,4)5)12-14-9-7-13(2)8-10-14/h7-10,15H,6,11-12,18H2,1-5H3. The zero-order chi connectivity index (χ0) is 15.3. The second kappa shape index (κ2) is 6.89. The van der Waals surface area contributed by atoms with Crippen molar-refractivity contribution in [3.63, 3.8) is 0 Å². The van der Waals surface area contributed by atoms with E-state index in [1.807, 2.05) is 25.7 Å². The van der Waals surface area contributed by atoms with Crippen molar-refractivity contribution in [3.8, 4) is 0 Å². The highest BCUT2D eigenvalue weighted by Crippen LogP contribution is 2.20. The first-order chi connectivity index (χ1) is 9.25. The minimum atomic E-state index is -0.459. The number of aryl methyl sites for hydroxylation is 1. The van der Waals surface area contributed by atoms with Crippen LogP contribution in [0, 0.1) is 12.3 Å². The lowest BCUT2D eigenvalue weighted by Crippen LogP contribution is -2.50. The number of amides is 1. The average Bonchev–Trinajstić information content (AvgIpc) is 2.38. The van der Waals surface area contributed by atoms with E-state index in [4.69, 9.17) is 5.73 Å². The van der Waals surface area contributed by atoms with Gasteiger partial charge >= 0.3 is 0 Å². The molecule has 1 atom stereocenters. The summed E-state index contributed by atoms with van der Waals surface area (Å²) < 4.78 is 0. The lowest BCUT2D eigenvalue weighted by atomic mass is 9.86. The van der Waals surface area contributed by atoms with Gasteiger partial charge in [-0.05, 0) is 24.3 Å². The van der Waals surface area contributed by atoms with Crippen LogP contribution in [0.3, 0.4) is 0 Å². The molecule has 0 spiro atoms. The molecule has 2 N–H and O–H groups in total. The maximum absolute atomic E-state index is 12.6. The average molecular weight is 276 g/mol. The second-order valence-electron chi connectivity index (χ2n) is 6.59. The molecule has 112 valence electrons. The zero-order valence-corrected chi connectivity index (χ0v) is 13.4. The Balaban J connectivity index is 2.83. The van der Waals surface area contributed by atoms with E-state index in [0.717, 1.165) is 18.5 Å². The molecule has 20 heavy (non-hydrogen) atoms. The molecule has 0 aliphatic rings. The lowest BCUT2D eigenvalue weighted by Gasteiger charge is -2.32. The third kappa shape index (κ3) is 4.64. The molecule has 0 heterocycles. The minimum absolute atomic E-state index is 0.0416. The fourth-order valence-electron chi connectivity index (χ4n) is 2.02. The molecule has 0 aliphatic carbocycles. The molecule has 1 aromatic carbocycles. The summed E-state index contributed by atoms with van der Waals surface area (Å²) >= 11 is 0. The second-order valence-corrected chi connectivity index (χ2v) is 6.59. The molecular formula is C17H28N2O. The molecule has 1 aromatic rings. The lowest BCUT2D eigenvalue weighted by molar-refractivity contribution is -0.135. The predicted molar refractivity (Wildman–Crippen MR) is 84.3 cm³/mol. The summed E-state index contributed by atoms with van der Waals surface area (Å²) in [6, 6.07) is 7.85. The number of rotatable bonds is 5. The topological polar surface area (TPSA) is 46.3 Å². The number of nitrogens with two attached hydrogens (primary N) is 1. The number of nitrogens with zero attached hydrogens (tertiary/aromatic N) is 1. The van der Waals surface area contributed by atoms with Crippen LogP contribution < -0.4 is 5.73 Å². The molecule has 0 aliphatic heterocycles. The maximum Gasteiger partial charge on any atom is 0.240 e. The first kappa shape index (κ1) is 16.7. The molecule has 0 aromatic heterocycles. The summed E-state index contributed by atoms with van der Waals surface area (Å²) in [5.74, 6) is 0.0416. The summed E-state index contributed by atoms with van der Waals surface area (Å²) in [7, 11) is 0. The van der Waals surface area contributed by atoms with Crippen molar-refractivity contribution >= 4 is 5.91 Å². The van der Waals surface area contributed by atoms with E-state index in [2.05, 4.69) is 38.1 Å². The Morgan fingerprint density at radius 2 is 1.80 bits per heavy atom. The van der Waals surface area contributed by atoms with Gasteiger partial charge in [0, 0.05) is 13.1 Å². The zero-order valence-electron chi connectivity index (χ0n) is 13.4. The number of hydrogen-bond acceptors (Lipinski definition) is 2. The summed E-state index contributed by atoms with van der Waals surface area (Å²) in [4.78, 5) is 14.4. The third-order valence-corrected chi connectivity index (χ3v) is 3.50. The van der Waals surface area contributed by atoms with Crippen LogP contribution in [0.4, 0.5) is 0 Å². The van der Waals surface area contributed by atoms with E-state index in [-0.39, 0.29) is 11.3 Å². The first-order valence-electron chi connectivity index (χ1n) is 7.35. The quantitative estimate of drug-likeness (QED) is 0.898. The van der Waals surface area contributed by atoms with Crippen molar-refractivity contribution in [2.45, 2.75) is 53.6 Å². The molecule has 1 rings (SSSR count). The van der Waals surface area contributed by atoms with Gasteiger partial charge in [-0.15, -0.1) is 0 Å². The molecule has 0 radical (unpaired) electrons. The van der Waals surface area contributed by atoms with Gasteiger partial charge < -0.3 is 10.6 Å². The number of hydrogen-bond donors (Lipinski definition) is 1. The van der Waals surface area contributed by atoms with Gasteiger partial charge in [0.25, 0.3) is 0 Å². The van der Waals surface area contributed by atoms with Crippen LogP contribution in [0.1, 0.15) is 45.2 Å². The molecular weight excluding hydrogens is 248 g/mol. The Bertz CT molecular complexity index is 431. The SMILES string of the molecule is CCCN(Cc1ccc(C)cc1)C(=O)C(N)C(C)(C)C. The Morgan fingerprint density at radius 1 is 1.25 bits per heavy atom. The van der Waals surface area contributed by atoms with E-state index in [9.17, 15) is 4.79 Å². The maximum atomic E-state index is 12.6. The molecule has 0 saturated carbocycles. The van der Waals surface area contributed by atoms with Crippen LogP contribution >= 0.6 is 0 Å². The molecule has 3 nitrogen and oxygen atoms in total. The molecule has 1 amide bonds. The van der Waals surface area contributed by atoms with Crippen LogP contribution in [0.5, 0.6) is 0 Å². The van der Waals surface area contributed by atoms with Gasteiger partial charge in [-0.1, -0.05) is 57.5 Å². The normalized spacial score (nSPS) is 13.1. The van der Waals surface area contributed by atoms with Crippen LogP contribution in [0.15, 0.2) is 24.3 Å². The van der Waals surface area contributed by atoms with Crippen molar-refractivity contribution in [1.82, 2.24) is 4.90 Å².